The van der Waals surface area contributed by atoms with E-state index in [1.807, 2.05) is 0 Å². The molecule has 0 nitrogen and oxygen atoms in total. The van der Waals surface area contributed by atoms with Crippen molar-refractivity contribution in [1.29, 1.82) is 0 Å². The molecule has 0 bridgehead atoms. The van der Waals surface area contributed by atoms with Crippen LogP contribution in [0.5, 0.6) is 0 Å². The van der Waals surface area contributed by atoms with E-state index in [-0.39, 0.29) is 14.9 Å². The average Bonchev–Trinajstić information content (AvgIpc) is 3.81. The fourth-order valence-electron chi connectivity index (χ4n) is 10.5. The Hall–Kier alpha value is -4.36. The predicted molar refractivity (Wildman–Crippen MR) is 279 cm³/mol. The van der Waals surface area contributed by atoms with Crippen LogP contribution >= 0.6 is 0 Å². The quantitative estimate of drug-likeness (QED) is 0.105. The maximum absolute atomic E-state index is 3.06. The first-order valence-corrected chi connectivity index (χ1v) is 27.2. The monoisotopic (exact) mass is 930 g/mol. The van der Waals surface area contributed by atoms with Crippen LogP contribution in [0.2, 0.25) is 0 Å². The number of aryl methyl sites for hydroxylation is 8. The van der Waals surface area contributed by atoms with Gasteiger partial charge in [-0.3, -0.25) is 0 Å². The normalized spacial score (nSPS) is 13.4. The van der Waals surface area contributed by atoms with Crippen LogP contribution in [0.3, 0.4) is 0 Å². The van der Waals surface area contributed by atoms with Crippen molar-refractivity contribution in [3.63, 3.8) is 0 Å². The van der Waals surface area contributed by atoms with E-state index in [1.165, 1.54) is 196 Å². The number of hydrogen-bond acceptors (Lipinski definition) is 0. The molecule has 10 rings (SSSR count). The Morgan fingerprint density at radius 2 is 0.641 bits per heavy atom. The molecule has 0 heterocycles. The molecule has 0 unspecified atom stereocenters. The van der Waals surface area contributed by atoms with Gasteiger partial charge in [0.05, 0.1) is 0 Å². The molecule has 2 heteroatoms. The SMILES string of the molecule is Cc1cc(C)cc(-c2ccc(-c3cc(C)cc(C)c3)c3[cH-]c(CC4CCC4)cc23)c1.Cc1cc(C)cc(-c2ccc(-c3cc(C)cc(C)c3)c3[cH-]c(CC4CCC4)cc23)c1.[CH3-].[CH3-].[Si]=[Zr]. The van der Waals surface area contributed by atoms with Crippen LogP contribution < -0.4 is 0 Å². The minimum absolute atomic E-state index is 0. The summed E-state index contributed by atoms with van der Waals surface area (Å²) in [7, 11) is 0. The number of hydrogen-bond donors (Lipinski definition) is 0. The van der Waals surface area contributed by atoms with Crippen LogP contribution in [0, 0.1) is 82.1 Å². The van der Waals surface area contributed by atoms with E-state index in [0.717, 1.165) is 11.8 Å². The van der Waals surface area contributed by atoms with Crippen molar-refractivity contribution in [2.75, 3.05) is 0 Å². The molecule has 328 valence electrons. The molecular weight excluding hydrogens is 864 g/mol. The zero-order chi connectivity index (χ0) is 43.7. The summed E-state index contributed by atoms with van der Waals surface area (Å²) < 4.78 is 0. The van der Waals surface area contributed by atoms with Gasteiger partial charge < -0.3 is 14.9 Å². The first-order valence-electron chi connectivity index (χ1n) is 23.0. The number of rotatable bonds is 8. The molecule has 2 aliphatic carbocycles. The van der Waals surface area contributed by atoms with Crippen molar-refractivity contribution in [2.24, 2.45) is 11.8 Å². The molecule has 8 aromatic carbocycles. The first kappa shape index (κ1) is 49.1. The van der Waals surface area contributed by atoms with Gasteiger partial charge in [-0.1, -0.05) is 213 Å². The third-order valence-corrected chi connectivity index (χ3v) is 13.5. The second kappa shape index (κ2) is 21.3. The summed E-state index contributed by atoms with van der Waals surface area (Å²) in [5, 5.41) is 5.63. The second-order valence-electron chi connectivity index (χ2n) is 19.2. The third kappa shape index (κ3) is 11.0. The van der Waals surface area contributed by atoms with Crippen LogP contribution in [0.25, 0.3) is 66.1 Å². The van der Waals surface area contributed by atoms with Crippen LogP contribution in [0.4, 0.5) is 0 Å². The summed E-state index contributed by atoms with van der Waals surface area (Å²) >= 11 is 1.36. The van der Waals surface area contributed by atoms with Crippen molar-refractivity contribution in [1.82, 2.24) is 0 Å². The average molecular weight is 933 g/mol. The van der Waals surface area contributed by atoms with E-state index in [1.54, 1.807) is 0 Å². The second-order valence-corrected chi connectivity index (χ2v) is 19.2. The van der Waals surface area contributed by atoms with Crippen molar-refractivity contribution in [3.05, 3.63) is 192 Å². The zero-order valence-corrected chi connectivity index (χ0v) is 43.8. The van der Waals surface area contributed by atoms with E-state index >= 15 is 0 Å². The Bertz CT molecular complexity index is 2430. The molecule has 8 aromatic rings. The van der Waals surface area contributed by atoms with E-state index in [4.69, 9.17) is 0 Å². The summed E-state index contributed by atoms with van der Waals surface area (Å²) in [6.45, 7) is 20.7. The van der Waals surface area contributed by atoms with Gasteiger partial charge in [-0.25, -0.2) is 0 Å². The summed E-state index contributed by atoms with van der Waals surface area (Å²) in [5.41, 5.74) is 24.5. The maximum atomic E-state index is 3.06. The molecule has 64 heavy (non-hydrogen) atoms. The van der Waals surface area contributed by atoms with Crippen LogP contribution in [-0.2, 0) is 36.2 Å². The van der Waals surface area contributed by atoms with E-state index < -0.39 is 0 Å². The van der Waals surface area contributed by atoms with Gasteiger partial charge >= 0.3 is 30.2 Å². The summed E-state index contributed by atoms with van der Waals surface area (Å²) in [4.78, 5) is 0. The van der Waals surface area contributed by atoms with Crippen LogP contribution in [0.15, 0.2) is 121 Å². The molecular formula is C62H68SiZr-4. The molecule has 0 aromatic heterocycles. The summed E-state index contributed by atoms with van der Waals surface area (Å²) in [5.74, 6) is 1.77. The zero-order valence-electron chi connectivity index (χ0n) is 40.4. The van der Waals surface area contributed by atoms with Gasteiger partial charge in [-0.15, -0.1) is 44.8 Å². The molecule has 2 radical (unpaired) electrons. The van der Waals surface area contributed by atoms with Gasteiger partial charge in [0.2, 0.25) is 0 Å². The molecule has 2 fully saturated rings. The van der Waals surface area contributed by atoms with Crippen LogP contribution in [0.1, 0.15) is 94.2 Å². The number of benzene rings is 6. The first-order chi connectivity index (χ1) is 29.9. The van der Waals surface area contributed by atoms with Crippen LogP contribution in [-0.4, -0.2) is 6.88 Å². The van der Waals surface area contributed by atoms with E-state index in [9.17, 15) is 0 Å². The molecule has 2 aliphatic rings. The molecule has 0 aliphatic heterocycles. The van der Waals surface area contributed by atoms with Gasteiger partial charge in [0.1, 0.15) is 0 Å². The molecule has 0 spiro atoms. The summed E-state index contributed by atoms with van der Waals surface area (Å²) in [6.07, 6.45) is 10.9. The molecule has 2 saturated carbocycles. The third-order valence-electron chi connectivity index (χ3n) is 13.5. The predicted octanol–water partition coefficient (Wildman–Crippen LogP) is 17.5. The Labute approximate surface area is 403 Å². The van der Waals surface area contributed by atoms with Gasteiger partial charge in [-0.2, -0.15) is 12.1 Å². The fraction of sp³-hybridized carbons (Fsp3) is 0.290. The minimum atomic E-state index is 0. The fourth-order valence-corrected chi connectivity index (χ4v) is 10.5. The van der Waals surface area contributed by atoms with Crippen molar-refractivity contribution in [3.8, 4) is 44.5 Å². The van der Waals surface area contributed by atoms with Gasteiger partial charge in [0, 0.05) is 0 Å². The van der Waals surface area contributed by atoms with Gasteiger partial charge in [0.25, 0.3) is 0 Å². The van der Waals surface area contributed by atoms with E-state index in [2.05, 4.69) is 184 Å². The molecule has 0 N–H and O–H groups in total. The van der Waals surface area contributed by atoms with Crippen molar-refractivity contribution >= 4 is 28.4 Å². The topological polar surface area (TPSA) is 0 Å². The Balaban J connectivity index is 0.000000199. The molecule has 0 saturated heterocycles. The van der Waals surface area contributed by atoms with Crippen molar-refractivity contribution in [2.45, 2.75) is 107 Å². The summed E-state index contributed by atoms with van der Waals surface area (Å²) in [6, 6.07) is 47.0. The van der Waals surface area contributed by atoms with Gasteiger partial charge in [-0.05, 0) is 91.2 Å². The standard InChI is InChI=1S/2C30H31.2CH3.Si.Zr/c2*1-19-10-20(2)13-25(12-19)27-8-9-28(26-14-21(3)11-22(4)15-26)30-18-24(17-29(27)30)16-23-6-5-7-23;;;;/h2*8-15,17-18,23H,5-7,16H2,1-4H3;2*1H3;;/q4*-1;;. The molecule has 0 atom stereocenters. The Kier molecular flexibility index (Phi) is 16.3. The van der Waals surface area contributed by atoms with Gasteiger partial charge in [0.15, 0.2) is 0 Å². The van der Waals surface area contributed by atoms with Crippen molar-refractivity contribution < 1.29 is 23.3 Å². The Morgan fingerprint density at radius 1 is 0.391 bits per heavy atom. The number of fused-ring (bicyclic) bond motifs is 2. The van der Waals surface area contributed by atoms with E-state index in [0.29, 0.717) is 0 Å². The molecule has 0 amide bonds. The Morgan fingerprint density at radius 3 is 0.891 bits per heavy atom.